The Hall–Kier alpha value is -1.36. The van der Waals surface area contributed by atoms with Gasteiger partial charge in [-0.05, 0) is 18.8 Å². The molecule has 0 rings (SSSR count). The number of carboxylic acid groups (broad SMARTS) is 1. The second kappa shape index (κ2) is 11.3. The molecular weight excluding hydrogens is 272 g/mol. The van der Waals surface area contributed by atoms with Crippen LogP contribution in [0.4, 0.5) is 0 Å². The number of hydrogen-bond acceptors (Lipinski definition) is 4. The Kier molecular flexibility index (Phi) is 10.6. The van der Waals surface area contributed by atoms with Gasteiger partial charge in [0.05, 0.1) is 18.9 Å². The van der Waals surface area contributed by atoms with Gasteiger partial charge in [0.15, 0.2) is 0 Å². The number of aliphatic carboxylic acids is 1. The lowest BCUT2D eigenvalue weighted by Crippen LogP contribution is -2.21. The summed E-state index contributed by atoms with van der Waals surface area (Å²) in [6.45, 7) is 8.65. The van der Waals surface area contributed by atoms with Gasteiger partial charge in [-0.25, -0.2) is 0 Å². The summed E-state index contributed by atoms with van der Waals surface area (Å²) in [5, 5.41) is 9.21. The molecule has 2 unspecified atom stereocenters. The highest BCUT2D eigenvalue weighted by atomic mass is 16.6. The van der Waals surface area contributed by atoms with Crippen molar-refractivity contribution in [3.05, 3.63) is 12.2 Å². The van der Waals surface area contributed by atoms with E-state index in [0.717, 1.165) is 24.8 Å². The molecule has 122 valence electrons. The number of allylic oxidation sites excluding steroid dienone is 1. The van der Waals surface area contributed by atoms with Crippen molar-refractivity contribution in [2.75, 3.05) is 20.3 Å². The second-order valence-corrected chi connectivity index (χ2v) is 5.50. The molecule has 0 saturated carbocycles. The normalized spacial score (nSPS) is 13.5. The molecule has 0 aliphatic heterocycles. The molecule has 0 aromatic heterocycles. The number of rotatable bonds is 12. The highest BCUT2D eigenvalue weighted by Gasteiger charge is 2.23. The lowest BCUT2D eigenvalue weighted by atomic mass is 9.90. The molecule has 5 heteroatoms. The fraction of sp³-hybridized carbons (Fsp3) is 0.750. The summed E-state index contributed by atoms with van der Waals surface area (Å²) in [7, 11) is 1.51. The van der Waals surface area contributed by atoms with Gasteiger partial charge in [-0.2, -0.15) is 0 Å². The Balaban J connectivity index is 4.26. The van der Waals surface area contributed by atoms with E-state index in [4.69, 9.17) is 9.47 Å². The molecule has 5 nitrogen and oxygen atoms in total. The predicted molar refractivity (Wildman–Crippen MR) is 81.0 cm³/mol. The van der Waals surface area contributed by atoms with Crippen molar-refractivity contribution >= 4 is 11.9 Å². The Morgan fingerprint density at radius 1 is 1.19 bits per heavy atom. The molecule has 2 atom stereocenters. The van der Waals surface area contributed by atoms with E-state index in [1.54, 1.807) is 0 Å². The van der Waals surface area contributed by atoms with E-state index in [-0.39, 0.29) is 13.0 Å². The van der Waals surface area contributed by atoms with Crippen LogP contribution in [0.1, 0.15) is 46.0 Å². The van der Waals surface area contributed by atoms with Crippen molar-refractivity contribution in [3.8, 4) is 0 Å². The van der Waals surface area contributed by atoms with Gasteiger partial charge in [-0.15, -0.1) is 0 Å². The van der Waals surface area contributed by atoms with Crippen molar-refractivity contribution in [3.63, 3.8) is 0 Å². The van der Waals surface area contributed by atoms with Crippen molar-refractivity contribution in [2.45, 2.75) is 46.0 Å². The van der Waals surface area contributed by atoms with Crippen LogP contribution >= 0.6 is 0 Å². The molecule has 0 radical (unpaired) electrons. The zero-order valence-electron chi connectivity index (χ0n) is 13.4. The molecule has 0 aromatic rings. The van der Waals surface area contributed by atoms with Gasteiger partial charge >= 0.3 is 11.9 Å². The van der Waals surface area contributed by atoms with Crippen LogP contribution in [0.25, 0.3) is 0 Å². The highest BCUT2D eigenvalue weighted by Crippen LogP contribution is 2.23. The van der Waals surface area contributed by atoms with Gasteiger partial charge in [0, 0.05) is 7.11 Å². The summed E-state index contributed by atoms with van der Waals surface area (Å²) in [6, 6.07) is 0. The topological polar surface area (TPSA) is 72.8 Å². The summed E-state index contributed by atoms with van der Waals surface area (Å²) >= 11 is 0. The first-order valence-electron chi connectivity index (χ1n) is 7.44. The Labute approximate surface area is 127 Å². The number of methoxy groups -OCH3 is 1. The summed E-state index contributed by atoms with van der Waals surface area (Å²) in [5.41, 5.74) is 0.882. The Bertz CT molecular complexity index is 338. The maximum absolute atomic E-state index is 11.6. The maximum atomic E-state index is 11.6. The minimum atomic E-state index is -0.983. The second-order valence-electron chi connectivity index (χ2n) is 5.50. The van der Waals surface area contributed by atoms with Crippen LogP contribution < -0.4 is 0 Å². The van der Waals surface area contributed by atoms with Crippen LogP contribution in [-0.2, 0) is 19.1 Å². The Morgan fingerprint density at radius 3 is 2.38 bits per heavy atom. The summed E-state index contributed by atoms with van der Waals surface area (Å²) in [6.07, 6.45) is 3.19. The number of carbonyl (C=O) groups excluding carboxylic acids is 1. The molecule has 0 bridgehead atoms. The van der Waals surface area contributed by atoms with Gasteiger partial charge in [-0.1, -0.05) is 38.8 Å². The van der Waals surface area contributed by atoms with Crippen LogP contribution in [0.2, 0.25) is 0 Å². The summed E-state index contributed by atoms with van der Waals surface area (Å²) < 4.78 is 9.68. The first-order chi connectivity index (χ1) is 9.90. The molecule has 0 spiro atoms. The standard InChI is InChI=1S/C16H28O5/c1-5-6-12(2)9-13(3)10-14(16(18)19)11-15(17)21-8-7-20-4/h12,14H,3,5-11H2,1-2,4H3,(H,18,19). The van der Waals surface area contributed by atoms with E-state index < -0.39 is 17.9 Å². The molecule has 21 heavy (non-hydrogen) atoms. The van der Waals surface area contributed by atoms with E-state index in [0.29, 0.717) is 18.9 Å². The van der Waals surface area contributed by atoms with E-state index in [9.17, 15) is 14.7 Å². The van der Waals surface area contributed by atoms with Crippen molar-refractivity contribution in [1.82, 2.24) is 0 Å². The number of esters is 1. The van der Waals surface area contributed by atoms with Crippen LogP contribution in [0.5, 0.6) is 0 Å². The molecule has 0 aliphatic rings. The third-order valence-corrected chi connectivity index (χ3v) is 3.27. The van der Waals surface area contributed by atoms with Gasteiger partial charge in [0.25, 0.3) is 0 Å². The lowest BCUT2D eigenvalue weighted by Gasteiger charge is -2.16. The summed E-state index contributed by atoms with van der Waals surface area (Å²) in [5.74, 6) is -1.76. The predicted octanol–water partition coefficient (Wildman–Crippen LogP) is 3.04. The summed E-state index contributed by atoms with van der Waals surface area (Å²) in [4.78, 5) is 22.8. The maximum Gasteiger partial charge on any atom is 0.307 e. The van der Waals surface area contributed by atoms with E-state index in [1.165, 1.54) is 7.11 Å². The third-order valence-electron chi connectivity index (χ3n) is 3.27. The fourth-order valence-corrected chi connectivity index (χ4v) is 2.27. The quantitative estimate of drug-likeness (QED) is 0.341. The molecule has 0 fully saturated rings. The van der Waals surface area contributed by atoms with E-state index in [2.05, 4.69) is 20.4 Å². The van der Waals surface area contributed by atoms with Gasteiger partial charge in [0.1, 0.15) is 6.61 Å². The smallest absolute Gasteiger partial charge is 0.307 e. The van der Waals surface area contributed by atoms with Gasteiger partial charge in [0.2, 0.25) is 0 Å². The molecule has 1 N–H and O–H groups in total. The van der Waals surface area contributed by atoms with Crippen LogP contribution in [0.3, 0.4) is 0 Å². The third kappa shape index (κ3) is 10.1. The molecule has 0 amide bonds. The molecule has 0 saturated heterocycles. The highest BCUT2D eigenvalue weighted by molar-refractivity contribution is 5.79. The van der Waals surface area contributed by atoms with Crippen molar-refractivity contribution in [1.29, 1.82) is 0 Å². The average Bonchev–Trinajstić information content (AvgIpc) is 2.38. The largest absolute Gasteiger partial charge is 0.481 e. The van der Waals surface area contributed by atoms with Crippen LogP contribution in [0, 0.1) is 11.8 Å². The van der Waals surface area contributed by atoms with Gasteiger partial charge < -0.3 is 14.6 Å². The van der Waals surface area contributed by atoms with Gasteiger partial charge in [-0.3, -0.25) is 9.59 Å². The zero-order valence-corrected chi connectivity index (χ0v) is 13.4. The van der Waals surface area contributed by atoms with E-state index in [1.807, 2.05) is 0 Å². The number of ether oxygens (including phenoxy) is 2. The van der Waals surface area contributed by atoms with Crippen molar-refractivity contribution < 1.29 is 24.2 Å². The van der Waals surface area contributed by atoms with Crippen LogP contribution in [-0.4, -0.2) is 37.4 Å². The molecule has 0 heterocycles. The minimum absolute atomic E-state index is 0.125. The SMILES string of the molecule is C=C(CC(C)CCC)CC(CC(=O)OCCOC)C(=O)O. The first-order valence-corrected chi connectivity index (χ1v) is 7.44. The number of carboxylic acids is 1. The molecular formula is C16H28O5. The first kappa shape index (κ1) is 19.6. The zero-order chi connectivity index (χ0) is 16.3. The van der Waals surface area contributed by atoms with Crippen molar-refractivity contribution in [2.24, 2.45) is 11.8 Å². The van der Waals surface area contributed by atoms with Crippen LogP contribution in [0.15, 0.2) is 12.2 Å². The number of hydrogen-bond donors (Lipinski definition) is 1. The monoisotopic (exact) mass is 300 g/mol. The minimum Gasteiger partial charge on any atom is -0.481 e. The Morgan fingerprint density at radius 2 is 1.86 bits per heavy atom. The average molecular weight is 300 g/mol. The number of carbonyl (C=O) groups is 2. The molecule has 0 aliphatic carbocycles. The van der Waals surface area contributed by atoms with E-state index >= 15 is 0 Å². The molecule has 0 aromatic carbocycles. The lowest BCUT2D eigenvalue weighted by molar-refractivity contribution is -0.152. The fourth-order valence-electron chi connectivity index (χ4n) is 2.27.